The first-order valence-electron chi connectivity index (χ1n) is 7.54. The Hall–Kier alpha value is -1.59. The van der Waals surface area contributed by atoms with E-state index in [1.165, 1.54) is 11.1 Å². The van der Waals surface area contributed by atoms with Crippen molar-refractivity contribution in [3.63, 3.8) is 0 Å². The SMILES string of the molecule is c1ccc2c(c1)COB2OCCOB1OCc2ccccc21. The van der Waals surface area contributed by atoms with Gasteiger partial charge in [-0.05, 0) is 22.1 Å². The number of benzene rings is 2. The van der Waals surface area contributed by atoms with Crippen LogP contribution in [0.25, 0.3) is 0 Å². The van der Waals surface area contributed by atoms with Crippen molar-refractivity contribution in [1.29, 1.82) is 0 Å². The minimum Gasteiger partial charge on any atom is -0.405 e. The second-order valence-corrected chi connectivity index (χ2v) is 5.43. The van der Waals surface area contributed by atoms with Gasteiger partial charge in [-0.15, -0.1) is 0 Å². The first-order chi connectivity index (χ1) is 10.9. The van der Waals surface area contributed by atoms with Gasteiger partial charge in [-0.2, -0.15) is 0 Å². The summed E-state index contributed by atoms with van der Waals surface area (Å²) in [7, 11) is -0.562. The Morgan fingerprint density at radius 2 is 1.18 bits per heavy atom. The first kappa shape index (κ1) is 14.0. The fourth-order valence-corrected chi connectivity index (χ4v) is 2.89. The molecule has 4 rings (SSSR count). The number of rotatable bonds is 5. The van der Waals surface area contributed by atoms with Gasteiger partial charge in [-0.1, -0.05) is 48.5 Å². The second kappa shape index (κ2) is 6.26. The largest absolute Gasteiger partial charge is 0.494 e. The molecule has 22 heavy (non-hydrogen) atoms. The highest BCUT2D eigenvalue weighted by Gasteiger charge is 2.32. The summed E-state index contributed by atoms with van der Waals surface area (Å²) >= 11 is 0. The van der Waals surface area contributed by atoms with Crippen LogP contribution in [0, 0.1) is 0 Å². The Labute approximate surface area is 130 Å². The number of hydrogen-bond acceptors (Lipinski definition) is 4. The van der Waals surface area contributed by atoms with E-state index in [0.717, 1.165) is 10.9 Å². The Kier molecular flexibility index (Phi) is 3.99. The fraction of sp³-hybridized carbons (Fsp3) is 0.250. The molecule has 110 valence electrons. The molecule has 0 bridgehead atoms. The molecule has 6 heteroatoms. The van der Waals surface area contributed by atoms with E-state index >= 15 is 0 Å². The average molecular weight is 294 g/mol. The van der Waals surface area contributed by atoms with Gasteiger partial charge in [0.2, 0.25) is 0 Å². The molecule has 0 spiro atoms. The Bertz CT molecular complexity index is 607. The van der Waals surface area contributed by atoms with Crippen LogP contribution in [0.4, 0.5) is 0 Å². The quantitative estimate of drug-likeness (QED) is 0.606. The minimum atomic E-state index is -0.281. The summed E-state index contributed by atoms with van der Waals surface area (Å²) in [5, 5.41) is 0. The van der Waals surface area contributed by atoms with Crippen LogP contribution in [0.2, 0.25) is 0 Å². The molecule has 0 saturated carbocycles. The third kappa shape index (κ3) is 2.71. The zero-order valence-electron chi connectivity index (χ0n) is 12.2. The second-order valence-electron chi connectivity index (χ2n) is 5.43. The standard InChI is InChI=1S/C16H16B2O4/c1-3-7-15-13(5-1)11-21-17(15)19-9-10-20-18-16-8-4-2-6-14(16)12-22-18/h1-8H,9-12H2. The van der Waals surface area contributed by atoms with Gasteiger partial charge in [0.15, 0.2) is 0 Å². The molecule has 0 amide bonds. The molecule has 0 aromatic heterocycles. The van der Waals surface area contributed by atoms with Crippen LogP contribution in [0.3, 0.4) is 0 Å². The van der Waals surface area contributed by atoms with E-state index in [0.29, 0.717) is 26.4 Å². The van der Waals surface area contributed by atoms with Crippen molar-refractivity contribution >= 4 is 25.2 Å². The lowest BCUT2D eigenvalue weighted by Gasteiger charge is -2.11. The van der Waals surface area contributed by atoms with Crippen molar-refractivity contribution in [2.45, 2.75) is 13.2 Å². The maximum absolute atomic E-state index is 5.77. The van der Waals surface area contributed by atoms with Crippen molar-refractivity contribution in [1.82, 2.24) is 0 Å². The Morgan fingerprint density at radius 1 is 0.727 bits per heavy atom. The highest BCUT2D eigenvalue weighted by Crippen LogP contribution is 2.12. The van der Waals surface area contributed by atoms with Gasteiger partial charge >= 0.3 is 14.2 Å². The van der Waals surface area contributed by atoms with E-state index in [1.54, 1.807) is 0 Å². The maximum Gasteiger partial charge on any atom is 0.494 e. The molecule has 0 aliphatic carbocycles. The zero-order valence-corrected chi connectivity index (χ0v) is 12.2. The summed E-state index contributed by atoms with van der Waals surface area (Å²) in [6.07, 6.45) is 0. The summed E-state index contributed by atoms with van der Waals surface area (Å²) in [5.41, 5.74) is 4.62. The molecular formula is C16H16B2O4. The summed E-state index contributed by atoms with van der Waals surface area (Å²) in [6, 6.07) is 16.3. The zero-order chi connectivity index (χ0) is 14.8. The van der Waals surface area contributed by atoms with Crippen LogP contribution in [-0.2, 0) is 31.8 Å². The molecule has 0 atom stereocenters. The molecule has 0 N–H and O–H groups in total. The highest BCUT2D eigenvalue weighted by atomic mass is 16.6. The lowest BCUT2D eigenvalue weighted by Crippen LogP contribution is -2.36. The van der Waals surface area contributed by atoms with E-state index in [2.05, 4.69) is 12.1 Å². The predicted molar refractivity (Wildman–Crippen MR) is 85.1 cm³/mol. The van der Waals surface area contributed by atoms with E-state index in [1.807, 2.05) is 36.4 Å². The predicted octanol–water partition coefficient (Wildman–Crippen LogP) is 0.871. The van der Waals surface area contributed by atoms with Gasteiger partial charge in [0.05, 0.1) is 26.4 Å². The van der Waals surface area contributed by atoms with E-state index in [9.17, 15) is 0 Å². The minimum absolute atomic E-state index is 0.281. The summed E-state index contributed by atoms with van der Waals surface area (Å²) in [4.78, 5) is 0. The van der Waals surface area contributed by atoms with Crippen LogP contribution in [0.1, 0.15) is 11.1 Å². The van der Waals surface area contributed by atoms with Gasteiger partial charge in [0.1, 0.15) is 0 Å². The van der Waals surface area contributed by atoms with Gasteiger partial charge in [-0.25, -0.2) is 0 Å². The van der Waals surface area contributed by atoms with Crippen molar-refractivity contribution < 1.29 is 18.6 Å². The van der Waals surface area contributed by atoms with E-state index in [-0.39, 0.29) is 14.2 Å². The lowest BCUT2D eigenvalue weighted by molar-refractivity contribution is 0.149. The van der Waals surface area contributed by atoms with Crippen molar-refractivity contribution in [2.24, 2.45) is 0 Å². The summed E-state index contributed by atoms with van der Waals surface area (Å²) < 4.78 is 22.8. The molecule has 2 aromatic carbocycles. The average Bonchev–Trinajstić information content (AvgIpc) is 3.16. The molecule has 0 fully saturated rings. The third-order valence-corrected chi connectivity index (χ3v) is 4.02. The van der Waals surface area contributed by atoms with Crippen LogP contribution in [0.15, 0.2) is 48.5 Å². The first-order valence-corrected chi connectivity index (χ1v) is 7.54. The third-order valence-electron chi connectivity index (χ3n) is 4.02. The van der Waals surface area contributed by atoms with Gasteiger partial charge in [0, 0.05) is 0 Å². The molecule has 0 saturated heterocycles. The molecule has 2 aromatic rings. The maximum atomic E-state index is 5.77. The van der Waals surface area contributed by atoms with Crippen molar-refractivity contribution in [2.75, 3.05) is 13.2 Å². The monoisotopic (exact) mass is 294 g/mol. The van der Waals surface area contributed by atoms with Gasteiger partial charge < -0.3 is 18.6 Å². The Morgan fingerprint density at radius 3 is 1.68 bits per heavy atom. The summed E-state index contributed by atoms with van der Waals surface area (Å²) in [6.45, 7) is 2.17. The lowest BCUT2D eigenvalue weighted by atomic mass is 9.78. The molecule has 0 unspecified atom stereocenters. The number of hydrogen-bond donors (Lipinski definition) is 0. The smallest absolute Gasteiger partial charge is 0.405 e. The van der Waals surface area contributed by atoms with E-state index in [4.69, 9.17) is 18.6 Å². The molecule has 2 heterocycles. The van der Waals surface area contributed by atoms with Crippen LogP contribution < -0.4 is 10.9 Å². The molecule has 0 radical (unpaired) electrons. The molecule has 4 nitrogen and oxygen atoms in total. The highest BCUT2D eigenvalue weighted by molar-refractivity contribution is 6.63. The van der Waals surface area contributed by atoms with Crippen LogP contribution >= 0.6 is 0 Å². The van der Waals surface area contributed by atoms with E-state index < -0.39 is 0 Å². The van der Waals surface area contributed by atoms with Crippen LogP contribution in [-0.4, -0.2) is 27.5 Å². The summed E-state index contributed by atoms with van der Waals surface area (Å²) in [5.74, 6) is 0. The Balaban J connectivity index is 1.27. The fourth-order valence-electron chi connectivity index (χ4n) is 2.89. The van der Waals surface area contributed by atoms with Crippen LogP contribution in [0.5, 0.6) is 0 Å². The van der Waals surface area contributed by atoms with Gasteiger partial charge in [-0.3, -0.25) is 0 Å². The van der Waals surface area contributed by atoms with Crippen molar-refractivity contribution in [3.8, 4) is 0 Å². The normalized spacial score (nSPS) is 16.0. The van der Waals surface area contributed by atoms with Crippen molar-refractivity contribution in [3.05, 3.63) is 59.7 Å². The topological polar surface area (TPSA) is 36.9 Å². The number of fused-ring (bicyclic) bond motifs is 2. The molecule has 2 aliphatic rings. The van der Waals surface area contributed by atoms with Gasteiger partial charge in [0.25, 0.3) is 0 Å². The molecule has 2 aliphatic heterocycles. The molecular weight excluding hydrogens is 278 g/mol.